The topological polar surface area (TPSA) is 35.9 Å². The van der Waals surface area contributed by atoms with Gasteiger partial charge in [-0.3, -0.25) is 9.80 Å². The molecule has 3 rings (SSSR count). The molecule has 2 aliphatic rings. The molecule has 1 aromatic rings. The first-order valence-electron chi connectivity index (χ1n) is 9.39. The van der Waals surface area contributed by atoms with Gasteiger partial charge in [-0.25, -0.2) is 0 Å². The summed E-state index contributed by atoms with van der Waals surface area (Å²) in [5, 5.41) is 10.0. The number of ether oxygens (including phenoxy) is 1. The van der Waals surface area contributed by atoms with Gasteiger partial charge in [0, 0.05) is 25.7 Å². The first-order chi connectivity index (χ1) is 11.6. The van der Waals surface area contributed by atoms with E-state index < -0.39 is 0 Å². The van der Waals surface area contributed by atoms with Gasteiger partial charge in [-0.1, -0.05) is 19.9 Å². The van der Waals surface area contributed by atoms with Gasteiger partial charge in [-0.15, -0.1) is 0 Å². The molecule has 1 saturated heterocycles. The molecule has 24 heavy (non-hydrogen) atoms. The van der Waals surface area contributed by atoms with Crippen LogP contribution in [0.1, 0.15) is 38.7 Å². The van der Waals surface area contributed by atoms with Crippen LogP contribution in [0.5, 0.6) is 11.5 Å². The fraction of sp³-hybridized carbons (Fsp3) is 0.700. The molecule has 1 N–H and O–H groups in total. The van der Waals surface area contributed by atoms with Gasteiger partial charge in [0.05, 0.1) is 7.11 Å². The Bertz CT molecular complexity index is 542. The van der Waals surface area contributed by atoms with E-state index in [9.17, 15) is 5.11 Å². The molecule has 134 valence electrons. The maximum atomic E-state index is 10.0. The quantitative estimate of drug-likeness (QED) is 0.867. The number of benzene rings is 1. The highest BCUT2D eigenvalue weighted by Crippen LogP contribution is 2.32. The molecule has 1 heterocycles. The number of nitrogens with zero attached hydrogens (tertiary/aromatic N) is 2. The van der Waals surface area contributed by atoms with Crippen molar-refractivity contribution in [1.29, 1.82) is 0 Å². The maximum Gasteiger partial charge on any atom is 0.160 e. The summed E-state index contributed by atoms with van der Waals surface area (Å²) < 4.78 is 5.15. The second-order valence-electron chi connectivity index (χ2n) is 7.84. The predicted octanol–water partition coefficient (Wildman–Crippen LogP) is 3.34. The first-order valence-corrected chi connectivity index (χ1v) is 9.39. The maximum absolute atomic E-state index is 10.0. The number of rotatable bonds is 6. The summed E-state index contributed by atoms with van der Waals surface area (Å²) in [4.78, 5) is 5.30. The summed E-state index contributed by atoms with van der Waals surface area (Å²) in [6.45, 7) is 10.4. The van der Waals surface area contributed by atoms with Gasteiger partial charge in [0.1, 0.15) is 0 Å². The van der Waals surface area contributed by atoms with Crippen molar-refractivity contribution in [1.82, 2.24) is 9.80 Å². The van der Waals surface area contributed by atoms with E-state index in [-0.39, 0.29) is 5.75 Å². The Morgan fingerprint density at radius 1 is 1.25 bits per heavy atom. The fourth-order valence-corrected chi connectivity index (χ4v) is 3.86. The Balaban J connectivity index is 1.65. The summed E-state index contributed by atoms with van der Waals surface area (Å²) >= 11 is 0. The minimum Gasteiger partial charge on any atom is -0.504 e. The largest absolute Gasteiger partial charge is 0.504 e. The van der Waals surface area contributed by atoms with Gasteiger partial charge in [0.15, 0.2) is 11.5 Å². The van der Waals surface area contributed by atoms with E-state index in [0.29, 0.717) is 17.7 Å². The first kappa shape index (κ1) is 17.6. The number of phenols is 1. The van der Waals surface area contributed by atoms with Crippen molar-refractivity contribution in [2.24, 2.45) is 11.8 Å². The zero-order valence-electron chi connectivity index (χ0n) is 15.4. The number of aromatic hydroxyl groups is 1. The standard InChI is InChI=1S/C20H32N2O2/c1-15(2)18-14-21(9-4-10-22(18)13-16-5-6-16)12-17-7-8-20(24-3)19(23)11-17/h7-8,11,15-16,18,23H,4-6,9-10,12-14H2,1-3H3/t18-/m0/s1. The highest BCUT2D eigenvalue weighted by molar-refractivity contribution is 5.41. The molecule has 1 aliphatic carbocycles. The van der Waals surface area contributed by atoms with Crippen LogP contribution in [-0.2, 0) is 6.54 Å². The molecule has 0 bridgehead atoms. The van der Waals surface area contributed by atoms with Crippen molar-refractivity contribution in [3.63, 3.8) is 0 Å². The number of methoxy groups -OCH3 is 1. The van der Waals surface area contributed by atoms with Gasteiger partial charge in [-0.2, -0.15) is 0 Å². The van der Waals surface area contributed by atoms with Gasteiger partial charge in [-0.05, 0) is 61.9 Å². The Morgan fingerprint density at radius 3 is 2.67 bits per heavy atom. The average molecular weight is 332 g/mol. The molecule has 1 aromatic carbocycles. The summed E-state index contributed by atoms with van der Waals surface area (Å²) in [6, 6.07) is 6.41. The number of hydrogen-bond donors (Lipinski definition) is 1. The van der Waals surface area contributed by atoms with Crippen molar-refractivity contribution in [2.75, 3.05) is 33.3 Å². The van der Waals surface area contributed by atoms with E-state index in [1.807, 2.05) is 12.1 Å². The van der Waals surface area contributed by atoms with Crippen LogP contribution in [0.4, 0.5) is 0 Å². The molecule has 1 atom stereocenters. The second-order valence-corrected chi connectivity index (χ2v) is 7.84. The van der Waals surface area contributed by atoms with Crippen molar-refractivity contribution >= 4 is 0 Å². The zero-order chi connectivity index (χ0) is 17.1. The molecular formula is C20H32N2O2. The van der Waals surface area contributed by atoms with Crippen molar-refractivity contribution < 1.29 is 9.84 Å². The van der Waals surface area contributed by atoms with Crippen LogP contribution >= 0.6 is 0 Å². The lowest BCUT2D eigenvalue weighted by atomic mass is 10.0. The number of hydrogen-bond acceptors (Lipinski definition) is 4. The van der Waals surface area contributed by atoms with Crippen molar-refractivity contribution in [2.45, 2.75) is 45.7 Å². The molecule has 0 radical (unpaired) electrons. The van der Waals surface area contributed by atoms with Crippen molar-refractivity contribution in [3.8, 4) is 11.5 Å². The van der Waals surface area contributed by atoms with E-state index in [1.54, 1.807) is 7.11 Å². The third-order valence-corrected chi connectivity index (χ3v) is 5.44. The number of phenolic OH excluding ortho intramolecular Hbond substituents is 1. The Labute approximate surface area is 146 Å². The average Bonchev–Trinajstić information content (AvgIpc) is 3.36. The fourth-order valence-electron chi connectivity index (χ4n) is 3.86. The van der Waals surface area contributed by atoms with E-state index >= 15 is 0 Å². The van der Waals surface area contributed by atoms with Crippen LogP contribution in [0, 0.1) is 11.8 Å². The van der Waals surface area contributed by atoms with Crippen LogP contribution in [0.2, 0.25) is 0 Å². The SMILES string of the molecule is COc1ccc(CN2CCCN(CC3CC3)[C@H](C(C)C)C2)cc1O. The molecule has 0 spiro atoms. The van der Waals surface area contributed by atoms with Crippen LogP contribution in [0.15, 0.2) is 18.2 Å². The van der Waals surface area contributed by atoms with Gasteiger partial charge < -0.3 is 9.84 Å². The highest BCUT2D eigenvalue weighted by Gasteiger charge is 2.32. The predicted molar refractivity (Wildman–Crippen MR) is 97.5 cm³/mol. The summed E-state index contributed by atoms with van der Waals surface area (Å²) in [5.41, 5.74) is 1.16. The lowest BCUT2D eigenvalue weighted by Crippen LogP contribution is -2.45. The molecule has 0 unspecified atom stereocenters. The Kier molecular flexibility index (Phi) is 5.67. The van der Waals surface area contributed by atoms with Gasteiger partial charge in [0.25, 0.3) is 0 Å². The van der Waals surface area contributed by atoms with E-state index in [2.05, 4.69) is 29.7 Å². The van der Waals surface area contributed by atoms with E-state index in [0.717, 1.165) is 31.1 Å². The molecule has 4 nitrogen and oxygen atoms in total. The summed E-state index contributed by atoms with van der Waals surface area (Å²) in [6.07, 6.45) is 4.09. The normalized spacial score (nSPS) is 23.4. The smallest absolute Gasteiger partial charge is 0.160 e. The lowest BCUT2D eigenvalue weighted by molar-refractivity contribution is 0.132. The molecule has 1 saturated carbocycles. The molecule has 0 amide bonds. The molecular weight excluding hydrogens is 300 g/mol. The lowest BCUT2D eigenvalue weighted by Gasteiger charge is -2.34. The van der Waals surface area contributed by atoms with E-state index in [1.165, 1.54) is 32.4 Å². The summed E-state index contributed by atoms with van der Waals surface area (Å²) in [7, 11) is 1.59. The monoisotopic (exact) mass is 332 g/mol. The molecule has 2 fully saturated rings. The van der Waals surface area contributed by atoms with E-state index in [4.69, 9.17) is 4.74 Å². The third-order valence-electron chi connectivity index (χ3n) is 5.44. The van der Waals surface area contributed by atoms with Crippen molar-refractivity contribution in [3.05, 3.63) is 23.8 Å². The molecule has 4 heteroatoms. The van der Waals surface area contributed by atoms with Gasteiger partial charge >= 0.3 is 0 Å². The van der Waals surface area contributed by atoms with Crippen LogP contribution in [-0.4, -0.2) is 54.2 Å². The van der Waals surface area contributed by atoms with Crippen LogP contribution in [0.3, 0.4) is 0 Å². The second kappa shape index (κ2) is 7.75. The Hall–Kier alpha value is -1.26. The summed E-state index contributed by atoms with van der Waals surface area (Å²) in [5.74, 6) is 2.41. The minimum absolute atomic E-state index is 0.237. The Morgan fingerprint density at radius 2 is 2.04 bits per heavy atom. The van der Waals surface area contributed by atoms with Crippen LogP contribution in [0.25, 0.3) is 0 Å². The zero-order valence-corrected chi connectivity index (χ0v) is 15.4. The molecule has 0 aromatic heterocycles. The minimum atomic E-state index is 0.237. The molecule has 1 aliphatic heterocycles. The highest BCUT2D eigenvalue weighted by atomic mass is 16.5. The third kappa shape index (κ3) is 4.42. The van der Waals surface area contributed by atoms with Crippen LogP contribution < -0.4 is 4.74 Å². The van der Waals surface area contributed by atoms with Gasteiger partial charge in [0.2, 0.25) is 0 Å².